The lowest BCUT2D eigenvalue weighted by molar-refractivity contribution is -0.117. The van der Waals surface area contributed by atoms with Gasteiger partial charge in [0, 0.05) is 30.9 Å². The van der Waals surface area contributed by atoms with Crippen molar-refractivity contribution in [2.24, 2.45) is 0 Å². The number of hydrogen-bond donors (Lipinski definition) is 1. The van der Waals surface area contributed by atoms with Crippen LogP contribution in [0.3, 0.4) is 0 Å². The Morgan fingerprint density at radius 1 is 1.27 bits per heavy atom. The molecule has 2 aliphatic rings. The van der Waals surface area contributed by atoms with Crippen LogP contribution in [-0.4, -0.2) is 19.0 Å². The summed E-state index contributed by atoms with van der Waals surface area (Å²) >= 11 is 0. The fourth-order valence-corrected chi connectivity index (χ4v) is 2.38. The number of benzene rings is 1. The van der Waals surface area contributed by atoms with Gasteiger partial charge in [-0.1, -0.05) is 0 Å². The topological polar surface area (TPSA) is 32.3 Å². The van der Waals surface area contributed by atoms with Crippen LogP contribution in [-0.2, 0) is 11.2 Å². The van der Waals surface area contributed by atoms with Crippen molar-refractivity contribution >= 4 is 17.3 Å². The molecule has 3 nitrogen and oxygen atoms in total. The first kappa shape index (κ1) is 8.77. The summed E-state index contributed by atoms with van der Waals surface area (Å²) in [6, 6.07) is 6.28. The Bertz CT molecular complexity index is 414. The van der Waals surface area contributed by atoms with Crippen molar-refractivity contribution < 1.29 is 4.79 Å². The molecule has 0 aromatic heterocycles. The Morgan fingerprint density at radius 3 is 3.00 bits per heavy atom. The Hall–Kier alpha value is -1.51. The van der Waals surface area contributed by atoms with Crippen LogP contribution in [0.25, 0.3) is 0 Å². The lowest BCUT2D eigenvalue weighted by Gasteiger charge is -2.16. The molecule has 1 fully saturated rings. The number of amides is 1. The van der Waals surface area contributed by atoms with E-state index >= 15 is 0 Å². The summed E-state index contributed by atoms with van der Waals surface area (Å²) in [6.07, 6.45) is 2.77. The van der Waals surface area contributed by atoms with E-state index in [0.717, 1.165) is 31.6 Å². The molecular formula is C12H14N2O. The molecule has 2 aliphatic heterocycles. The lowest BCUT2D eigenvalue weighted by atomic mass is 10.1. The molecule has 0 unspecified atom stereocenters. The molecule has 1 aromatic carbocycles. The van der Waals surface area contributed by atoms with Gasteiger partial charge in [-0.3, -0.25) is 4.79 Å². The van der Waals surface area contributed by atoms with Crippen molar-refractivity contribution in [2.75, 3.05) is 23.3 Å². The summed E-state index contributed by atoms with van der Waals surface area (Å²) in [4.78, 5) is 13.5. The number of carbonyl (C=O) groups is 1. The first-order chi connectivity index (χ1) is 7.34. The zero-order chi connectivity index (χ0) is 10.3. The van der Waals surface area contributed by atoms with Crippen LogP contribution in [0.1, 0.15) is 18.4 Å². The van der Waals surface area contributed by atoms with E-state index in [2.05, 4.69) is 17.4 Å². The molecule has 3 rings (SSSR count). The highest BCUT2D eigenvalue weighted by molar-refractivity contribution is 5.95. The van der Waals surface area contributed by atoms with E-state index in [-0.39, 0.29) is 5.91 Å². The van der Waals surface area contributed by atoms with Crippen molar-refractivity contribution in [3.05, 3.63) is 23.8 Å². The summed E-state index contributed by atoms with van der Waals surface area (Å²) in [5.41, 5.74) is 3.64. The van der Waals surface area contributed by atoms with Crippen molar-refractivity contribution in [3.8, 4) is 0 Å². The predicted molar refractivity (Wildman–Crippen MR) is 60.2 cm³/mol. The minimum atomic E-state index is 0.265. The fraction of sp³-hybridized carbons (Fsp3) is 0.417. The first-order valence-electron chi connectivity index (χ1n) is 5.52. The fourth-order valence-electron chi connectivity index (χ4n) is 2.38. The molecule has 0 bridgehead atoms. The second kappa shape index (κ2) is 3.26. The molecule has 0 spiro atoms. The molecule has 0 radical (unpaired) electrons. The molecule has 0 aliphatic carbocycles. The van der Waals surface area contributed by atoms with Crippen LogP contribution in [0.2, 0.25) is 0 Å². The van der Waals surface area contributed by atoms with E-state index in [1.165, 1.54) is 11.3 Å². The SMILES string of the molecule is O=C1CCCN1c1ccc2c(c1)CCN2. The minimum Gasteiger partial charge on any atom is -0.384 e. The minimum absolute atomic E-state index is 0.265. The summed E-state index contributed by atoms with van der Waals surface area (Å²) in [6.45, 7) is 1.90. The predicted octanol–water partition coefficient (Wildman–Crippen LogP) is 1.78. The Labute approximate surface area is 89.1 Å². The standard InChI is InChI=1S/C12H14N2O/c15-12-2-1-7-14(12)10-3-4-11-9(8-10)5-6-13-11/h3-4,8,13H,1-2,5-7H2. The number of fused-ring (bicyclic) bond motifs is 1. The van der Waals surface area contributed by atoms with E-state index in [1.54, 1.807) is 0 Å². The highest BCUT2D eigenvalue weighted by atomic mass is 16.2. The Kier molecular flexibility index (Phi) is 1.91. The van der Waals surface area contributed by atoms with Crippen LogP contribution < -0.4 is 10.2 Å². The maximum atomic E-state index is 11.6. The molecule has 2 heterocycles. The molecule has 15 heavy (non-hydrogen) atoms. The van der Waals surface area contributed by atoms with Gasteiger partial charge in [-0.25, -0.2) is 0 Å². The lowest BCUT2D eigenvalue weighted by Crippen LogP contribution is -2.23. The van der Waals surface area contributed by atoms with E-state index in [9.17, 15) is 4.79 Å². The summed E-state index contributed by atoms with van der Waals surface area (Å²) in [5.74, 6) is 0.265. The third-order valence-electron chi connectivity index (χ3n) is 3.18. The van der Waals surface area contributed by atoms with Crippen LogP contribution in [0.15, 0.2) is 18.2 Å². The average molecular weight is 202 g/mol. The van der Waals surface area contributed by atoms with Gasteiger partial charge in [0.15, 0.2) is 0 Å². The van der Waals surface area contributed by atoms with Crippen LogP contribution in [0.5, 0.6) is 0 Å². The smallest absolute Gasteiger partial charge is 0.227 e. The van der Waals surface area contributed by atoms with Gasteiger partial charge in [0.25, 0.3) is 0 Å². The molecule has 0 atom stereocenters. The second-order valence-electron chi connectivity index (χ2n) is 4.17. The van der Waals surface area contributed by atoms with Gasteiger partial charge in [0.2, 0.25) is 5.91 Å². The average Bonchev–Trinajstić information content (AvgIpc) is 2.84. The largest absolute Gasteiger partial charge is 0.384 e. The van der Waals surface area contributed by atoms with E-state index in [1.807, 2.05) is 11.0 Å². The molecule has 1 saturated heterocycles. The van der Waals surface area contributed by atoms with Crippen molar-refractivity contribution in [1.82, 2.24) is 0 Å². The zero-order valence-corrected chi connectivity index (χ0v) is 8.62. The van der Waals surface area contributed by atoms with Gasteiger partial charge < -0.3 is 10.2 Å². The van der Waals surface area contributed by atoms with Crippen molar-refractivity contribution in [1.29, 1.82) is 0 Å². The van der Waals surface area contributed by atoms with E-state index < -0.39 is 0 Å². The molecule has 78 valence electrons. The maximum absolute atomic E-state index is 11.6. The first-order valence-corrected chi connectivity index (χ1v) is 5.52. The highest BCUT2D eigenvalue weighted by Gasteiger charge is 2.22. The van der Waals surface area contributed by atoms with Crippen LogP contribution in [0, 0.1) is 0 Å². The summed E-state index contributed by atoms with van der Waals surface area (Å²) in [7, 11) is 0. The molecule has 0 saturated carbocycles. The number of anilines is 2. The van der Waals surface area contributed by atoms with Crippen LogP contribution >= 0.6 is 0 Å². The molecule has 3 heteroatoms. The normalized spacial score (nSPS) is 19.2. The van der Waals surface area contributed by atoms with Gasteiger partial charge in [-0.15, -0.1) is 0 Å². The second-order valence-corrected chi connectivity index (χ2v) is 4.17. The highest BCUT2D eigenvalue weighted by Crippen LogP contribution is 2.29. The Balaban J connectivity index is 1.95. The Morgan fingerprint density at radius 2 is 2.20 bits per heavy atom. The number of carbonyl (C=O) groups excluding carboxylic acids is 1. The number of nitrogens with zero attached hydrogens (tertiary/aromatic N) is 1. The van der Waals surface area contributed by atoms with Crippen molar-refractivity contribution in [2.45, 2.75) is 19.3 Å². The van der Waals surface area contributed by atoms with E-state index in [4.69, 9.17) is 0 Å². The zero-order valence-electron chi connectivity index (χ0n) is 8.62. The van der Waals surface area contributed by atoms with E-state index in [0.29, 0.717) is 6.42 Å². The molecule has 1 aromatic rings. The van der Waals surface area contributed by atoms with Gasteiger partial charge in [0.05, 0.1) is 0 Å². The van der Waals surface area contributed by atoms with Gasteiger partial charge >= 0.3 is 0 Å². The van der Waals surface area contributed by atoms with Gasteiger partial charge in [0.1, 0.15) is 0 Å². The number of hydrogen-bond acceptors (Lipinski definition) is 2. The summed E-state index contributed by atoms with van der Waals surface area (Å²) < 4.78 is 0. The third kappa shape index (κ3) is 1.39. The van der Waals surface area contributed by atoms with Crippen LogP contribution in [0.4, 0.5) is 11.4 Å². The maximum Gasteiger partial charge on any atom is 0.227 e. The van der Waals surface area contributed by atoms with Gasteiger partial charge in [-0.2, -0.15) is 0 Å². The molecule has 1 amide bonds. The summed E-state index contributed by atoms with van der Waals surface area (Å²) in [5, 5.41) is 3.33. The van der Waals surface area contributed by atoms with Crippen molar-refractivity contribution in [3.63, 3.8) is 0 Å². The quantitative estimate of drug-likeness (QED) is 0.753. The number of nitrogens with one attached hydrogen (secondary N) is 1. The number of rotatable bonds is 1. The molecular weight excluding hydrogens is 188 g/mol. The van der Waals surface area contributed by atoms with Gasteiger partial charge in [-0.05, 0) is 36.6 Å². The molecule has 1 N–H and O–H groups in total. The monoisotopic (exact) mass is 202 g/mol. The third-order valence-corrected chi connectivity index (χ3v) is 3.18.